The van der Waals surface area contributed by atoms with Crippen molar-refractivity contribution in [3.05, 3.63) is 88.5 Å². The molecule has 0 fully saturated rings. The van der Waals surface area contributed by atoms with E-state index in [2.05, 4.69) is 14.9 Å². The van der Waals surface area contributed by atoms with Crippen molar-refractivity contribution in [3.63, 3.8) is 0 Å². The number of fused-ring (bicyclic) bond motifs is 1. The van der Waals surface area contributed by atoms with E-state index < -0.39 is 4.92 Å². The summed E-state index contributed by atoms with van der Waals surface area (Å²) in [5.74, 6) is 1.64. The van der Waals surface area contributed by atoms with Gasteiger partial charge in [0.1, 0.15) is 11.6 Å². The molecule has 0 spiro atoms. The molecule has 3 heterocycles. The van der Waals surface area contributed by atoms with Gasteiger partial charge >= 0.3 is 0 Å². The zero-order valence-corrected chi connectivity index (χ0v) is 17.6. The molecule has 0 aliphatic carbocycles. The molecule has 1 aromatic carbocycles. The van der Waals surface area contributed by atoms with Gasteiger partial charge in [0.2, 0.25) is 0 Å². The first-order chi connectivity index (χ1) is 14.9. The van der Waals surface area contributed by atoms with E-state index >= 15 is 0 Å². The van der Waals surface area contributed by atoms with Crippen LogP contribution in [-0.4, -0.2) is 35.1 Å². The molecule has 31 heavy (non-hydrogen) atoms. The Kier molecular flexibility index (Phi) is 5.53. The molecule has 0 radical (unpaired) electrons. The number of allylic oxidation sites excluding steroid dienone is 1. The van der Waals surface area contributed by atoms with Crippen molar-refractivity contribution >= 4 is 22.4 Å². The number of nitrogens with zero attached hydrogens (tertiary/aromatic N) is 5. The topological polar surface area (TPSA) is 84.6 Å². The third-order valence-corrected chi connectivity index (χ3v) is 5.27. The molecule has 0 bridgehead atoms. The molecule has 1 unspecified atom stereocenters. The monoisotopic (exact) mass is 417 g/mol. The van der Waals surface area contributed by atoms with Crippen LogP contribution in [0.4, 0.5) is 11.5 Å². The summed E-state index contributed by atoms with van der Waals surface area (Å²) in [6.07, 6.45) is 8.39. The molecule has 1 aliphatic rings. The maximum absolute atomic E-state index is 11.1. The van der Waals surface area contributed by atoms with Crippen molar-refractivity contribution in [3.8, 4) is 5.75 Å². The van der Waals surface area contributed by atoms with Crippen molar-refractivity contribution in [1.29, 1.82) is 0 Å². The lowest BCUT2D eigenvalue weighted by molar-refractivity contribution is -0.419. The second kappa shape index (κ2) is 8.43. The SMILES string of the molecule is COc1ccc(CN(C)c2cc3ncc(N4C=C([N+](=O)[O-])C=CC4C)cc3cn2)cc1. The van der Waals surface area contributed by atoms with Gasteiger partial charge in [0.05, 0.1) is 35.6 Å². The predicted octanol–water partition coefficient (Wildman–Crippen LogP) is 4.16. The summed E-state index contributed by atoms with van der Waals surface area (Å²) < 4.78 is 5.21. The number of pyridine rings is 2. The molecule has 1 aliphatic heterocycles. The number of benzene rings is 1. The fourth-order valence-electron chi connectivity index (χ4n) is 3.49. The smallest absolute Gasteiger partial charge is 0.285 e. The van der Waals surface area contributed by atoms with Crippen LogP contribution in [0.2, 0.25) is 0 Å². The molecule has 0 amide bonds. The number of rotatable bonds is 6. The molecule has 2 aromatic heterocycles. The average Bonchev–Trinajstić information content (AvgIpc) is 2.79. The summed E-state index contributed by atoms with van der Waals surface area (Å²) in [5, 5.41) is 12.0. The minimum atomic E-state index is -0.393. The minimum Gasteiger partial charge on any atom is -0.497 e. The van der Waals surface area contributed by atoms with Gasteiger partial charge in [-0.1, -0.05) is 18.2 Å². The van der Waals surface area contributed by atoms with Crippen LogP contribution in [0.15, 0.2) is 72.8 Å². The fraction of sp³-hybridized carbons (Fsp3) is 0.217. The standard InChI is InChI=1S/C23H23N5O3/c1-16-4-7-19(28(29)30)15-27(16)20-10-18-12-25-23(11-22(18)24-13-20)26(2)14-17-5-8-21(31-3)9-6-17/h4-13,15-16H,14H2,1-3H3. The van der Waals surface area contributed by atoms with Gasteiger partial charge in [-0.25, -0.2) is 4.98 Å². The van der Waals surface area contributed by atoms with E-state index in [1.807, 2.05) is 55.3 Å². The Bertz CT molecular complexity index is 1170. The van der Waals surface area contributed by atoms with Crippen LogP contribution in [0, 0.1) is 10.1 Å². The zero-order chi connectivity index (χ0) is 22.0. The van der Waals surface area contributed by atoms with Gasteiger partial charge in [0.15, 0.2) is 0 Å². The molecular formula is C23H23N5O3. The van der Waals surface area contributed by atoms with Crippen molar-refractivity contribution in [2.45, 2.75) is 19.5 Å². The summed E-state index contributed by atoms with van der Waals surface area (Å²) in [7, 11) is 3.64. The van der Waals surface area contributed by atoms with Crippen LogP contribution < -0.4 is 14.5 Å². The van der Waals surface area contributed by atoms with Gasteiger partial charge in [-0.3, -0.25) is 15.1 Å². The molecule has 8 nitrogen and oxygen atoms in total. The molecule has 4 rings (SSSR count). The molecule has 1 atom stereocenters. The van der Waals surface area contributed by atoms with E-state index in [-0.39, 0.29) is 11.7 Å². The number of hydrogen-bond acceptors (Lipinski definition) is 7. The first kappa shape index (κ1) is 20.3. The minimum absolute atomic E-state index is 0.00851. The quantitative estimate of drug-likeness (QED) is 0.440. The molecule has 0 saturated carbocycles. The summed E-state index contributed by atoms with van der Waals surface area (Å²) >= 11 is 0. The lowest BCUT2D eigenvalue weighted by Crippen LogP contribution is -2.29. The first-order valence-electron chi connectivity index (χ1n) is 9.87. The third kappa shape index (κ3) is 4.32. The Morgan fingerprint density at radius 1 is 1.19 bits per heavy atom. The van der Waals surface area contributed by atoms with Crippen LogP contribution in [0.5, 0.6) is 5.75 Å². The van der Waals surface area contributed by atoms with Crippen LogP contribution >= 0.6 is 0 Å². The maximum Gasteiger partial charge on any atom is 0.285 e. The van der Waals surface area contributed by atoms with Crippen molar-refractivity contribution in [2.75, 3.05) is 24.0 Å². The number of anilines is 2. The Hall–Kier alpha value is -3.94. The van der Waals surface area contributed by atoms with Crippen LogP contribution in [0.3, 0.4) is 0 Å². The lowest BCUT2D eigenvalue weighted by atomic mass is 10.1. The Morgan fingerprint density at radius 3 is 2.68 bits per heavy atom. The Labute approximate surface area is 180 Å². The number of aromatic nitrogens is 2. The highest BCUT2D eigenvalue weighted by atomic mass is 16.6. The van der Waals surface area contributed by atoms with Gasteiger partial charge in [-0.05, 0) is 30.7 Å². The lowest BCUT2D eigenvalue weighted by Gasteiger charge is -2.27. The highest BCUT2D eigenvalue weighted by molar-refractivity contribution is 5.83. The van der Waals surface area contributed by atoms with Crippen molar-refractivity contribution in [2.24, 2.45) is 0 Å². The van der Waals surface area contributed by atoms with Gasteiger partial charge in [-0.15, -0.1) is 0 Å². The van der Waals surface area contributed by atoms with Crippen LogP contribution in [0.1, 0.15) is 12.5 Å². The number of ether oxygens (including phenoxy) is 1. The third-order valence-electron chi connectivity index (χ3n) is 5.27. The summed E-state index contributed by atoms with van der Waals surface area (Å²) in [4.78, 5) is 23.8. The second-order valence-corrected chi connectivity index (χ2v) is 7.45. The summed E-state index contributed by atoms with van der Waals surface area (Å²) in [5.41, 5.74) is 2.79. The number of hydrogen-bond donors (Lipinski definition) is 0. The van der Waals surface area contributed by atoms with Crippen molar-refractivity contribution < 1.29 is 9.66 Å². The van der Waals surface area contributed by atoms with Gasteiger partial charge < -0.3 is 14.5 Å². The molecule has 0 saturated heterocycles. The highest BCUT2D eigenvalue weighted by Crippen LogP contribution is 2.27. The Balaban J connectivity index is 1.56. The number of nitro groups is 1. The molecular weight excluding hydrogens is 394 g/mol. The normalized spacial score (nSPS) is 15.6. The largest absolute Gasteiger partial charge is 0.497 e. The average molecular weight is 417 g/mol. The molecule has 158 valence electrons. The van der Waals surface area contributed by atoms with Gasteiger partial charge in [0.25, 0.3) is 5.70 Å². The van der Waals surface area contributed by atoms with E-state index in [4.69, 9.17) is 4.74 Å². The van der Waals surface area contributed by atoms with Crippen molar-refractivity contribution in [1.82, 2.24) is 9.97 Å². The second-order valence-electron chi connectivity index (χ2n) is 7.45. The molecule has 3 aromatic rings. The molecule has 8 heteroatoms. The van der Waals surface area contributed by atoms with E-state index in [1.165, 1.54) is 12.3 Å². The fourth-order valence-corrected chi connectivity index (χ4v) is 3.49. The summed E-state index contributed by atoms with van der Waals surface area (Å²) in [6.45, 7) is 2.68. The predicted molar refractivity (Wildman–Crippen MR) is 121 cm³/mol. The van der Waals surface area contributed by atoms with E-state index in [0.717, 1.165) is 33.7 Å². The van der Waals surface area contributed by atoms with Gasteiger partial charge in [-0.2, -0.15) is 0 Å². The van der Waals surface area contributed by atoms with Crippen LogP contribution in [0.25, 0.3) is 10.9 Å². The maximum atomic E-state index is 11.1. The van der Waals surface area contributed by atoms with E-state index in [9.17, 15) is 10.1 Å². The highest BCUT2D eigenvalue weighted by Gasteiger charge is 2.21. The van der Waals surface area contributed by atoms with E-state index in [0.29, 0.717) is 6.54 Å². The van der Waals surface area contributed by atoms with E-state index in [1.54, 1.807) is 25.6 Å². The van der Waals surface area contributed by atoms with Crippen LogP contribution in [-0.2, 0) is 6.54 Å². The Morgan fingerprint density at radius 2 is 1.97 bits per heavy atom. The zero-order valence-electron chi connectivity index (χ0n) is 17.6. The molecule has 0 N–H and O–H groups in total. The number of methoxy groups -OCH3 is 1. The van der Waals surface area contributed by atoms with Gasteiger partial charge in [0, 0.05) is 43.4 Å². The summed E-state index contributed by atoms with van der Waals surface area (Å²) in [6, 6.07) is 11.8. The first-order valence-corrected chi connectivity index (χ1v) is 9.87.